The molecule has 0 aliphatic carbocycles. The Morgan fingerprint density at radius 3 is 2.75 bits per heavy atom. The highest BCUT2D eigenvalue weighted by Crippen LogP contribution is 2.43. The van der Waals surface area contributed by atoms with Gasteiger partial charge in [-0.25, -0.2) is 8.42 Å². The molecule has 0 N–H and O–H groups in total. The maximum atomic E-state index is 13.3. The number of fused-ring (bicyclic) bond motifs is 3. The van der Waals surface area contributed by atoms with E-state index in [2.05, 4.69) is 20.8 Å². The molecule has 126 valence electrons. The second kappa shape index (κ2) is 5.77. The first kappa shape index (κ1) is 16.0. The Kier molecular flexibility index (Phi) is 3.84. The molecule has 2 aromatic rings. The van der Waals surface area contributed by atoms with Crippen LogP contribution in [0.25, 0.3) is 0 Å². The molecule has 4 nitrogen and oxygen atoms in total. The number of hydrogen-bond acceptors (Lipinski definition) is 3. The molecular weight excluding hydrogens is 388 g/mol. The molecule has 4 rings (SSSR count). The first-order valence-corrected chi connectivity index (χ1v) is 10.4. The van der Waals surface area contributed by atoms with Gasteiger partial charge in [0.2, 0.25) is 0 Å². The van der Waals surface area contributed by atoms with Gasteiger partial charge in [0, 0.05) is 17.1 Å². The normalized spacial score (nSPS) is 20.0. The smallest absolute Gasteiger partial charge is 0.264 e. The van der Waals surface area contributed by atoms with Crippen LogP contribution < -0.4 is 9.21 Å². The maximum absolute atomic E-state index is 13.3. The number of halogens is 1. The van der Waals surface area contributed by atoms with Gasteiger partial charge in [0.05, 0.1) is 22.8 Å². The van der Waals surface area contributed by atoms with E-state index < -0.39 is 10.0 Å². The van der Waals surface area contributed by atoms with E-state index in [1.807, 2.05) is 31.2 Å². The van der Waals surface area contributed by atoms with Crippen LogP contribution in [0.15, 0.2) is 51.8 Å². The summed E-state index contributed by atoms with van der Waals surface area (Å²) in [6.07, 6.45) is 2.15. The molecule has 0 unspecified atom stereocenters. The predicted octanol–water partition coefficient (Wildman–Crippen LogP) is 3.94. The highest BCUT2D eigenvalue weighted by molar-refractivity contribution is 9.10. The van der Waals surface area contributed by atoms with Crippen molar-refractivity contribution >= 4 is 37.3 Å². The quantitative estimate of drug-likeness (QED) is 0.758. The Bertz CT molecular complexity index is 898. The Balaban J connectivity index is 1.86. The number of anilines is 2. The van der Waals surface area contributed by atoms with Gasteiger partial charge in [-0.3, -0.25) is 4.31 Å². The average molecular weight is 407 g/mol. The van der Waals surface area contributed by atoms with Gasteiger partial charge < -0.3 is 4.90 Å². The number of hydrogen-bond donors (Lipinski definition) is 0. The van der Waals surface area contributed by atoms with Crippen molar-refractivity contribution in [2.45, 2.75) is 30.7 Å². The molecule has 1 fully saturated rings. The average Bonchev–Trinajstić information content (AvgIpc) is 3.02. The van der Waals surface area contributed by atoms with Crippen molar-refractivity contribution in [2.75, 3.05) is 22.3 Å². The van der Waals surface area contributed by atoms with Crippen LogP contribution in [0.3, 0.4) is 0 Å². The lowest BCUT2D eigenvalue weighted by Gasteiger charge is -2.40. The summed E-state index contributed by atoms with van der Waals surface area (Å²) in [5, 5.41) is 0. The van der Waals surface area contributed by atoms with Gasteiger partial charge in [-0.05, 0) is 55.7 Å². The van der Waals surface area contributed by atoms with E-state index in [9.17, 15) is 8.42 Å². The minimum atomic E-state index is -3.57. The number of aryl methyl sites for hydroxylation is 1. The van der Waals surface area contributed by atoms with E-state index in [0.717, 1.165) is 40.8 Å². The Labute approximate surface area is 151 Å². The minimum absolute atomic E-state index is 0.262. The Morgan fingerprint density at radius 1 is 1.12 bits per heavy atom. The molecule has 2 aliphatic rings. The molecule has 2 heterocycles. The van der Waals surface area contributed by atoms with E-state index >= 15 is 0 Å². The topological polar surface area (TPSA) is 40.6 Å². The highest BCUT2D eigenvalue weighted by Gasteiger charge is 2.39. The largest absolute Gasteiger partial charge is 0.365 e. The van der Waals surface area contributed by atoms with Gasteiger partial charge in [0.15, 0.2) is 0 Å². The number of nitrogens with zero attached hydrogens (tertiary/aromatic N) is 2. The van der Waals surface area contributed by atoms with E-state index in [0.29, 0.717) is 11.4 Å². The molecule has 24 heavy (non-hydrogen) atoms. The van der Waals surface area contributed by atoms with Gasteiger partial charge in [-0.2, -0.15) is 0 Å². The SMILES string of the molecule is Cc1cccc(S(=O)(=O)N2C[C@@H]3CCCN3c3ccc(Br)cc32)c1. The number of rotatable bonds is 2. The van der Waals surface area contributed by atoms with Crippen molar-refractivity contribution in [1.29, 1.82) is 0 Å². The standard InChI is InChI=1S/C18H19BrN2O2S/c1-13-4-2-6-16(10-13)24(22,23)21-12-15-5-3-9-20(15)17-8-7-14(19)11-18(17)21/h2,4,6-8,10-11,15H,3,5,9,12H2,1H3/t15-/m0/s1. The second-order valence-corrected chi connectivity index (χ2v) is 9.25. The van der Waals surface area contributed by atoms with Crippen LogP contribution in [0.1, 0.15) is 18.4 Å². The van der Waals surface area contributed by atoms with Crippen LogP contribution in [0.4, 0.5) is 11.4 Å². The van der Waals surface area contributed by atoms with Crippen molar-refractivity contribution in [3.63, 3.8) is 0 Å². The first-order valence-electron chi connectivity index (χ1n) is 8.12. The number of benzene rings is 2. The van der Waals surface area contributed by atoms with E-state index in [-0.39, 0.29) is 6.04 Å². The molecule has 0 spiro atoms. The summed E-state index contributed by atoms with van der Waals surface area (Å²) in [6, 6.07) is 13.3. The monoisotopic (exact) mass is 406 g/mol. The van der Waals surface area contributed by atoms with Gasteiger partial charge in [0.25, 0.3) is 10.0 Å². The molecule has 6 heteroatoms. The van der Waals surface area contributed by atoms with Crippen LogP contribution in [0.2, 0.25) is 0 Å². The molecule has 0 saturated carbocycles. The highest BCUT2D eigenvalue weighted by atomic mass is 79.9. The third-order valence-corrected chi connectivity index (χ3v) is 7.12. The van der Waals surface area contributed by atoms with Gasteiger partial charge in [-0.15, -0.1) is 0 Å². The van der Waals surface area contributed by atoms with E-state index in [1.165, 1.54) is 0 Å². The molecule has 0 aromatic heterocycles. The molecule has 0 radical (unpaired) electrons. The zero-order valence-electron chi connectivity index (χ0n) is 13.4. The molecular formula is C18H19BrN2O2S. The lowest BCUT2D eigenvalue weighted by atomic mass is 10.1. The van der Waals surface area contributed by atoms with Gasteiger partial charge >= 0.3 is 0 Å². The molecule has 1 atom stereocenters. The summed E-state index contributed by atoms with van der Waals surface area (Å²) >= 11 is 3.49. The van der Waals surface area contributed by atoms with Crippen LogP contribution in [-0.4, -0.2) is 27.5 Å². The fourth-order valence-corrected chi connectivity index (χ4v) is 5.66. The van der Waals surface area contributed by atoms with Crippen molar-refractivity contribution in [3.05, 3.63) is 52.5 Å². The fraction of sp³-hybridized carbons (Fsp3) is 0.333. The van der Waals surface area contributed by atoms with Crippen LogP contribution >= 0.6 is 15.9 Å². The van der Waals surface area contributed by atoms with Crippen molar-refractivity contribution in [1.82, 2.24) is 0 Å². The second-order valence-electron chi connectivity index (χ2n) is 6.48. The van der Waals surface area contributed by atoms with Crippen LogP contribution in [0, 0.1) is 6.92 Å². The summed E-state index contributed by atoms with van der Waals surface area (Å²) in [7, 11) is -3.57. The van der Waals surface area contributed by atoms with E-state index in [4.69, 9.17) is 0 Å². The van der Waals surface area contributed by atoms with Gasteiger partial charge in [-0.1, -0.05) is 28.1 Å². The van der Waals surface area contributed by atoms with Crippen molar-refractivity contribution in [2.24, 2.45) is 0 Å². The maximum Gasteiger partial charge on any atom is 0.264 e. The first-order chi connectivity index (χ1) is 11.5. The fourth-order valence-electron chi connectivity index (χ4n) is 3.70. The predicted molar refractivity (Wildman–Crippen MR) is 100 cm³/mol. The Morgan fingerprint density at radius 2 is 1.96 bits per heavy atom. The molecule has 0 amide bonds. The Hall–Kier alpha value is -1.53. The van der Waals surface area contributed by atoms with E-state index in [1.54, 1.807) is 22.5 Å². The van der Waals surface area contributed by atoms with Crippen molar-refractivity contribution in [3.8, 4) is 0 Å². The molecule has 2 aromatic carbocycles. The lowest BCUT2D eigenvalue weighted by molar-refractivity contribution is 0.577. The number of sulfonamides is 1. The zero-order chi connectivity index (χ0) is 16.9. The third-order valence-electron chi connectivity index (χ3n) is 4.85. The van der Waals surface area contributed by atoms with Crippen molar-refractivity contribution < 1.29 is 8.42 Å². The summed E-state index contributed by atoms with van der Waals surface area (Å²) in [5.74, 6) is 0. The molecule has 1 saturated heterocycles. The lowest BCUT2D eigenvalue weighted by Crippen LogP contribution is -2.48. The molecule has 2 aliphatic heterocycles. The third kappa shape index (κ3) is 2.52. The summed E-state index contributed by atoms with van der Waals surface area (Å²) in [6.45, 7) is 3.43. The van der Waals surface area contributed by atoms with Crippen LogP contribution in [0.5, 0.6) is 0 Å². The zero-order valence-corrected chi connectivity index (χ0v) is 15.8. The summed E-state index contributed by atoms with van der Waals surface area (Å²) in [4.78, 5) is 2.71. The summed E-state index contributed by atoms with van der Waals surface area (Å²) < 4.78 is 29.1. The summed E-state index contributed by atoms with van der Waals surface area (Å²) in [5.41, 5.74) is 2.73. The molecule has 0 bridgehead atoms. The van der Waals surface area contributed by atoms with Crippen LogP contribution in [-0.2, 0) is 10.0 Å². The minimum Gasteiger partial charge on any atom is -0.365 e. The van der Waals surface area contributed by atoms with Gasteiger partial charge in [0.1, 0.15) is 0 Å².